The molecule has 76 valence electrons. The molecule has 0 aliphatic heterocycles. The first-order valence-electron chi connectivity index (χ1n) is 4.21. The van der Waals surface area contributed by atoms with E-state index in [2.05, 4.69) is 4.98 Å². The zero-order valence-electron chi connectivity index (χ0n) is 7.57. The smallest absolute Gasteiger partial charge is 0.288 e. The summed E-state index contributed by atoms with van der Waals surface area (Å²) in [6, 6.07) is 5.81. The first-order valence-corrected chi connectivity index (χ1v) is 4.21. The van der Waals surface area contributed by atoms with Crippen molar-refractivity contribution in [1.29, 1.82) is 0 Å². The molecule has 0 bridgehead atoms. The second-order valence-electron chi connectivity index (χ2n) is 2.94. The highest BCUT2D eigenvalue weighted by Crippen LogP contribution is 2.19. The molecule has 0 saturated heterocycles. The van der Waals surface area contributed by atoms with Crippen molar-refractivity contribution in [3.05, 3.63) is 42.0 Å². The summed E-state index contributed by atoms with van der Waals surface area (Å²) in [5.41, 5.74) is 1.46. The first-order chi connectivity index (χ1) is 7.24. The summed E-state index contributed by atoms with van der Waals surface area (Å²) in [5.74, 6) is -1.19. The van der Waals surface area contributed by atoms with Crippen LogP contribution in [0.5, 0.6) is 0 Å². The predicted octanol–water partition coefficient (Wildman–Crippen LogP) is 1.49. The van der Waals surface area contributed by atoms with E-state index in [1.165, 1.54) is 29.9 Å². The first kappa shape index (κ1) is 9.54. The topological polar surface area (TPSA) is 62.2 Å². The Kier molecular flexibility index (Phi) is 2.31. The lowest BCUT2D eigenvalue weighted by molar-refractivity contribution is 0.0703. The summed E-state index contributed by atoms with van der Waals surface area (Å²) in [6.45, 7) is 0. The number of hydroxylamine groups is 1. The lowest BCUT2D eigenvalue weighted by Gasteiger charge is -2.03. The van der Waals surface area contributed by atoms with Crippen LogP contribution in [0.15, 0.2) is 30.5 Å². The van der Waals surface area contributed by atoms with Crippen LogP contribution in [0.1, 0.15) is 10.5 Å². The summed E-state index contributed by atoms with van der Waals surface area (Å²) in [4.78, 5) is 15.0. The van der Waals surface area contributed by atoms with Crippen LogP contribution in [0, 0.1) is 5.82 Å². The quantitative estimate of drug-likeness (QED) is 0.549. The van der Waals surface area contributed by atoms with Gasteiger partial charge in [-0.05, 0) is 12.1 Å². The van der Waals surface area contributed by atoms with Crippen molar-refractivity contribution in [3.8, 4) is 0 Å². The van der Waals surface area contributed by atoms with Crippen molar-refractivity contribution in [2.45, 2.75) is 0 Å². The third-order valence-corrected chi connectivity index (χ3v) is 2.07. The molecule has 0 spiro atoms. The van der Waals surface area contributed by atoms with Gasteiger partial charge in [0, 0.05) is 17.0 Å². The molecule has 1 amide bonds. The predicted molar refractivity (Wildman–Crippen MR) is 51.0 cm³/mol. The number of benzene rings is 1. The van der Waals surface area contributed by atoms with Gasteiger partial charge in [0.25, 0.3) is 5.91 Å². The van der Waals surface area contributed by atoms with Gasteiger partial charge in [-0.15, -0.1) is 0 Å². The van der Waals surface area contributed by atoms with Crippen LogP contribution < -0.4 is 5.48 Å². The molecule has 2 aromatic rings. The molecule has 1 heterocycles. The summed E-state index contributed by atoms with van der Waals surface area (Å²) in [7, 11) is 0. The average Bonchev–Trinajstić information content (AvgIpc) is 2.28. The van der Waals surface area contributed by atoms with Crippen molar-refractivity contribution in [1.82, 2.24) is 10.5 Å². The van der Waals surface area contributed by atoms with Crippen LogP contribution in [0.2, 0.25) is 0 Å². The largest absolute Gasteiger partial charge is 0.293 e. The number of hydrogen-bond donors (Lipinski definition) is 2. The molecule has 0 saturated carbocycles. The van der Waals surface area contributed by atoms with Crippen molar-refractivity contribution in [3.63, 3.8) is 0 Å². The molecule has 2 rings (SSSR count). The maximum atomic E-state index is 13.3. The monoisotopic (exact) mass is 206 g/mol. The van der Waals surface area contributed by atoms with Gasteiger partial charge in [-0.3, -0.25) is 15.0 Å². The Morgan fingerprint density at radius 1 is 1.33 bits per heavy atom. The van der Waals surface area contributed by atoms with Crippen LogP contribution >= 0.6 is 0 Å². The number of amides is 1. The minimum absolute atomic E-state index is 0.00509. The van der Waals surface area contributed by atoms with E-state index in [-0.39, 0.29) is 5.69 Å². The lowest BCUT2D eigenvalue weighted by Crippen LogP contribution is -2.20. The van der Waals surface area contributed by atoms with Gasteiger partial charge in [0.05, 0.1) is 0 Å². The highest BCUT2D eigenvalue weighted by Gasteiger charge is 2.11. The van der Waals surface area contributed by atoms with Crippen LogP contribution in [-0.2, 0) is 0 Å². The minimum Gasteiger partial charge on any atom is -0.288 e. The van der Waals surface area contributed by atoms with Gasteiger partial charge in [-0.2, -0.15) is 0 Å². The summed E-state index contributed by atoms with van der Waals surface area (Å²) in [5, 5.41) is 9.15. The number of nitrogens with one attached hydrogen (secondary N) is 1. The Morgan fingerprint density at radius 3 is 2.87 bits per heavy atom. The molecule has 1 aromatic carbocycles. The molecule has 0 aliphatic carbocycles. The van der Waals surface area contributed by atoms with Gasteiger partial charge in [-0.25, -0.2) is 9.87 Å². The molecular weight excluding hydrogens is 199 g/mol. The zero-order valence-corrected chi connectivity index (χ0v) is 7.57. The molecule has 15 heavy (non-hydrogen) atoms. The maximum absolute atomic E-state index is 13.3. The van der Waals surface area contributed by atoms with Crippen LogP contribution in [-0.4, -0.2) is 16.1 Å². The fraction of sp³-hybridized carbons (Fsp3) is 0. The summed E-state index contributed by atoms with van der Waals surface area (Å²) in [6.07, 6.45) is 1.32. The number of nitrogens with zero attached hydrogens (tertiary/aromatic N) is 1. The van der Waals surface area contributed by atoms with E-state index in [1.54, 1.807) is 6.07 Å². The third-order valence-electron chi connectivity index (χ3n) is 2.07. The number of aromatic nitrogens is 1. The molecule has 4 nitrogen and oxygen atoms in total. The van der Waals surface area contributed by atoms with E-state index in [0.717, 1.165) is 0 Å². The molecule has 0 radical (unpaired) electrons. The van der Waals surface area contributed by atoms with Gasteiger partial charge in [0.1, 0.15) is 11.5 Å². The number of rotatable bonds is 1. The van der Waals surface area contributed by atoms with Gasteiger partial charge < -0.3 is 0 Å². The molecule has 0 unspecified atom stereocenters. The molecule has 5 heteroatoms. The van der Waals surface area contributed by atoms with E-state index >= 15 is 0 Å². The van der Waals surface area contributed by atoms with Crippen molar-refractivity contribution in [2.24, 2.45) is 0 Å². The number of pyridine rings is 1. The number of halogens is 1. The summed E-state index contributed by atoms with van der Waals surface area (Å²) >= 11 is 0. The molecule has 0 atom stereocenters. The van der Waals surface area contributed by atoms with Gasteiger partial charge >= 0.3 is 0 Å². The van der Waals surface area contributed by atoms with Crippen molar-refractivity contribution in [2.75, 3.05) is 0 Å². The summed E-state index contributed by atoms with van der Waals surface area (Å²) < 4.78 is 13.3. The van der Waals surface area contributed by atoms with E-state index in [4.69, 9.17) is 5.21 Å². The Morgan fingerprint density at radius 2 is 2.13 bits per heavy atom. The highest BCUT2D eigenvalue weighted by atomic mass is 19.1. The SMILES string of the molecule is O=C(NO)c1nccc2c(F)cccc12. The van der Waals surface area contributed by atoms with Crippen LogP contribution in [0.4, 0.5) is 4.39 Å². The highest BCUT2D eigenvalue weighted by molar-refractivity contribution is 6.04. The van der Waals surface area contributed by atoms with E-state index in [0.29, 0.717) is 10.8 Å². The number of carbonyl (C=O) groups excluding carboxylic acids is 1. The van der Waals surface area contributed by atoms with E-state index in [1.807, 2.05) is 0 Å². The average molecular weight is 206 g/mol. The minimum atomic E-state index is -0.758. The Balaban J connectivity index is 2.77. The van der Waals surface area contributed by atoms with Crippen LogP contribution in [0.25, 0.3) is 10.8 Å². The number of hydrogen-bond acceptors (Lipinski definition) is 3. The Labute approximate surface area is 84.3 Å². The van der Waals surface area contributed by atoms with Gasteiger partial charge in [-0.1, -0.05) is 12.1 Å². The number of fused-ring (bicyclic) bond motifs is 1. The Bertz CT molecular complexity index is 528. The lowest BCUT2D eigenvalue weighted by atomic mass is 10.1. The van der Waals surface area contributed by atoms with Gasteiger partial charge in [0.15, 0.2) is 0 Å². The molecular formula is C10H7FN2O2. The van der Waals surface area contributed by atoms with E-state index in [9.17, 15) is 9.18 Å². The zero-order chi connectivity index (χ0) is 10.8. The molecule has 0 aliphatic rings. The maximum Gasteiger partial charge on any atom is 0.293 e. The molecule has 0 fully saturated rings. The standard InChI is InChI=1S/C10H7FN2O2/c11-8-3-1-2-7-6(8)4-5-12-9(7)10(14)13-15/h1-5,15H,(H,13,14). The second kappa shape index (κ2) is 3.62. The van der Waals surface area contributed by atoms with Crippen LogP contribution in [0.3, 0.4) is 0 Å². The normalized spacial score (nSPS) is 10.3. The Hall–Kier alpha value is -2.01. The number of carbonyl (C=O) groups is 1. The second-order valence-corrected chi connectivity index (χ2v) is 2.94. The molecule has 1 aromatic heterocycles. The van der Waals surface area contributed by atoms with Gasteiger partial charge in [0.2, 0.25) is 0 Å². The van der Waals surface area contributed by atoms with Crippen molar-refractivity contribution >= 4 is 16.7 Å². The fourth-order valence-electron chi connectivity index (χ4n) is 1.40. The van der Waals surface area contributed by atoms with Crippen molar-refractivity contribution < 1.29 is 14.4 Å². The third kappa shape index (κ3) is 1.53. The fourth-order valence-corrected chi connectivity index (χ4v) is 1.40. The van der Waals surface area contributed by atoms with E-state index < -0.39 is 11.7 Å². The molecule has 2 N–H and O–H groups in total.